The highest BCUT2D eigenvalue weighted by molar-refractivity contribution is 7.48. The quantitative estimate of drug-likeness (QED) is 0.189. The van der Waals surface area contributed by atoms with Gasteiger partial charge in [0.15, 0.2) is 14.6 Å². The summed E-state index contributed by atoms with van der Waals surface area (Å²) in [6, 6.07) is 8.62. The van der Waals surface area contributed by atoms with Crippen LogP contribution in [-0.2, 0) is 13.8 Å². The number of hydrogen-bond acceptors (Lipinski definition) is 8. The molecule has 0 bridgehead atoms. The lowest BCUT2D eigenvalue weighted by atomic mass is 10.00. The number of ether oxygens (including phenoxy) is 1. The predicted molar refractivity (Wildman–Crippen MR) is 159 cm³/mol. The third-order valence-electron chi connectivity index (χ3n) is 6.64. The smallest absolute Gasteiger partial charge is 0.351 e. The van der Waals surface area contributed by atoms with Crippen molar-refractivity contribution in [1.82, 2.24) is 9.55 Å². The highest BCUT2D eigenvalue weighted by Gasteiger charge is 2.47. The number of carbonyl (C=O) groups is 1. The fraction of sp³-hybridized carbons (Fsp3) is 0.586. The second-order valence-electron chi connectivity index (χ2n) is 10.2. The molecule has 41 heavy (non-hydrogen) atoms. The van der Waals surface area contributed by atoms with Crippen LogP contribution in [0.15, 0.2) is 41.3 Å². The fourth-order valence-electron chi connectivity index (χ4n) is 4.74. The average Bonchev–Trinajstić information content (AvgIpc) is 3.32. The third-order valence-corrected chi connectivity index (χ3v) is 9.21. The summed E-state index contributed by atoms with van der Waals surface area (Å²) >= 11 is 0. The second-order valence-corrected chi connectivity index (χ2v) is 11.9. The Morgan fingerprint density at radius 2 is 2.00 bits per heavy atom. The van der Waals surface area contributed by atoms with Crippen molar-refractivity contribution in [3.63, 3.8) is 0 Å². The lowest BCUT2D eigenvalue weighted by Crippen LogP contribution is -2.37. The molecular formula is C29H43N4O7P. The van der Waals surface area contributed by atoms with Gasteiger partial charge in [-0.3, -0.25) is 9.36 Å². The number of amides is 1. The number of aliphatic hydroxyl groups is 2. The summed E-state index contributed by atoms with van der Waals surface area (Å²) in [5.74, 6) is -0.429. The van der Waals surface area contributed by atoms with Crippen molar-refractivity contribution in [1.29, 1.82) is 1.43 Å². The molecule has 0 saturated carbocycles. The van der Waals surface area contributed by atoms with Crippen LogP contribution in [0.25, 0.3) is 4.85 Å². The summed E-state index contributed by atoms with van der Waals surface area (Å²) in [7, 11) is -0.257. The van der Waals surface area contributed by atoms with E-state index in [1.807, 2.05) is 0 Å². The van der Waals surface area contributed by atoms with E-state index in [2.05, 4.69) is 47.9 Å². The van der Waals surface area contributed by atoms with E-state index in [0.29, 0.717) is 11.1 Å². The molecule has 1 aromatic heterocycles. The molecule has 3 N–H and O–H groups in total. The number of nitrogens with one attached hydrogen (secondary N) is 1. The van der Waals surface area contributed by atoms with Crippen LogP contribution >= 0.6 is 8.38 Å². The van der Waals surface area contributed by atoms with E-state index in [4.69, 9.17) is 23.2 Å². The fourth-order valence-corrected chi connectivity index (χ4v) is 6.85. The first-order valence-electron chi connectivity index (χ1n) is 14.6. The Labute approximate surface area is 246 Å². The molecule has 0 aliphatic carbocycles. The van der Waals surface area contributed by atoms with Crippen molar-refractivity contribution in [3.8, 4) is 0 Å². The van der Waals surface area contributed by atoms with Crippen LogP contribution in [0.2, 0.25) is 0 Å². The van der Waals surface area contributed by atoms with Crippen LogP contribution in [-0.4, -0.2) is 71.8 Å². The largest absolute Gasteiger partial charge is 0.400 e. The zero-order chi connectivity index (χ0) is 32.1. The lowest BCUT2D eigenvalue weighted by Gasteiger charge is -2.35. The van der Waals surface area contributed by atoms with Gasteiger partial charge in [-0.05, 0) is 37.8 Å². The monoisotopic (exact) mass is 593 g/mol. The van der Waals surface area contributed by atoms with Crippen molar-refractivity contribution in [2.75, 3.05) is 32.2 Å². The van der Waals surface area contributed by atoms with Gasteiger partial charge < -0.3 is 34.2 Å². The molecule has 11 nitrogen and oxygen atoms in total. The lowest BCUT2D eigenvalue weighted by molar-refractivity contribution is -0.0290. The molecule has 1 fully saturated rings. The first-order valence-corrected chi connectivity index (χ1v) is 14.7. The number of aromatic nitrogens is 2. The van der Waals surface area contributed by atoms with Crippen molar-refractivity contribution < 1.29 is 30.2 Å². The molecule has 1 aliphatic heterocycles. The zero-order valence-electron chi connectivity index (χ0n) is 26.5. The number of anilines is 1. The number of carbonyl (C=O) groups excluding carboxylic acids is 1. The normalized spacial score (nSPS) is 21.6. The molecule has 5 atom stereocenters. The number of nitrogens with zero attached hydrogens (tertiary/aromatic N) is 3. The molecule has 1 aromatic carbocycles. The van der Waals surface area contributed by atoms with Crippen LogP contribution in [0.5, 0.6) is 0 Å². The van der Waals surface area contributed by atoms with Crippen molar-refractivity contribution in [2.24, 2.45) is 17.8 Å². The van der Waals surface area contributed by atoms with Crippen LogP contribution < -0.4 is 11.0 Å². The summed E-state index contributed by atoms with van der Waals surface area (Å²) in [6.07, 6.45) is -0.911. The molecule has 2 aromatic rings. The van der Waals surface area contributed by atoms with Gasteiger partial charge in [-0.2, -0.15) is 4.98 Å². The molecule has 1 saturated heterocycles. The minimum Gasteiger partial charge on any atom is -0.400 e. The highest BCUT2D eigenvalue weighted by atomic mass is 31.2. The van der Waals surface area contributed by atoms with Gasteiger partial charge in [0.1, 0.15) is 18.5 Å². The van der Waals surface area contributed by atoms with Crippen molar-refractivity contribution in [3.05, 3.63) is 69.6 Å². The van der Waals surface area contributed by atoms with Gasteiger partial charge >= 0.3 is 5.69 Å². The van der Waals surface area contributed by atoms with Gasteiger partial charge in [0.2, 0.25) is 7.98 Å². The Morgan fingerprint density at radius 1 is 1.34 bits per heavy atom. The molecule has 0 radical (unpaired) electrons. The predicted octanol–water partition coefficient (Wildman–Crippen LogP) is 4.25. The Bertz CT molecular complexity index is 1240. The molecular weight excluding hydrogens is 547 g/mol. The van der Waals surface area contributed by atoms with Gasteiger partial charge in [0.25, 0.3) is 5.91 Å². The second kappa shape index (κ2) is 16.7. The zero-order valence-corrected chi connectivity index (χ0v) is 25.4. The van der Waals surface area contributed by atoms with Gasteiger partial charge in [-0.1, -0.05) is 45.9 Å². The summed E-state index contributed by atoms with van der Waals surface area (Å²) in [5, 5.41) is 16.5. The van der Waals surface area contributed by atoms with Crippen LogP contribution in [0, 0.1) is 31.2 Å². The summed E-state index contributed by atoms with van der Waals surface area (Å²) in [6.45, 7) is 17.1. The van der Waals surface area contributed by atoms with Crippen LogP contribution in [0.1, 0.15) is 58.1 Å². The average molecular weight is 594 g/mol. The maximum Gasteiger partial charge on any atom is 0.351 e. The first-order chi connectivity index (χ1) is 20.5. The Morgan fingerprint density at radius 3 is 2.56 bits per heavy atom. The number of hydrogen-bond donors (Lipinski definition) is 3. The van der Waals surface area contributed by atoms with Gasteiger partial charge in [0.05, 0.1) is 12.7 Å². The minimum absolute atomic E-state index is 0.0166. The van der Waals surface area contributed by atoms with E-state index in [9.17, 15) is 14.7 Å². The van der Waals surface area contributed by atoms with E-state index in [0.717, 1.165) is 0 Å². The van der Waals surface area contributed by atoms with Crippen molar-refractivity contribution in [2.45, 2.75) is 65.6 Å². The minimum atomic E-state index is -1.55. The van der Waals surface area contributed by atoms with E-state index >= 15 is 0 Å². The Kier molecular flexibility index (Phi) is 12.7. The van der Waals surface area contributed by atoms with E-state index in [1.54, 1.807) is 43.5 Å². The molecule has 1 aliphatic rings. The maximum absolute atomic E-state index is 13.3. The third kappa shape index (κ3) is 8.89. The molecule has 226 valence electrons. The summed E-state index contributed by atoms with van der Waals surface area (Å²) < 4.78 is 33.9. The Balaban J connectivity index is 0.00000206. The molecule has 1 amide bonds. The van der Waals surface area contributed by atoms with E-state index < -0.39 is 44.3 Å². The molecule has 2 heterocycles. The summed E-state index contributed by atoms with van der Waals surface area (Å²) in [4.78, 5) is 33.4. The SMILES string of the molecule is [2H]C[C@H]1O[C@@H](n2cc(C)c(NC(=O)c3ccccc3)nc2=O)C(OP(OCC[N+]#[C-])C(C(C)C)C(C)C)C1CO.[3H]OC. The molecule has 0 spiro atoms. The summed E-state index contributed by atoms with van der Waals surface area (Å²) in [5.41, 5.74) is 0.306. The topological polar surface area (TPSA) is 136 Å². The number of rotatable bonds is 12. The number of aryl methyl sites for hydroxylation is 1. The Hall–Kier alpha value is -2.71. The molecule has 12 heteroatoms. The van der Waals surface area contributed by atoms with E-state index in [-0.39, 0.29) is 50.0 Å². The molecule has 3 unspecified atom stereocenters. The number of benzene rings is 1. The van der Waals surface area contributed by atoms with Gasteiger partial charge in [-0.25, -0.2) is 11.4 Å². The van der Waals surface area contributed by atoms with Gasteiger partial charge in [0, 0.05) is 37.4 Å². The first kappa shape index (κ1) is 31.2. The standard InChI is InChI=1S/C28H39N4O6P.CH4O/c1-17(2)24(18(3)4)39(36-14-13-29-7)38-23-22(16-33)20(6)37-27(23)32-15-19(5)25(31-28(32)35)30-26(34)21-11-9-8-10-12-21;1-2/h8-12,15,17-18,20,22-24,27,33H,13-14,16H2,1-6H3,(H,30,31,34,35);2H,1H3/t20-,22?,23?,27-,39?;/m1./s1/i6D;2T. The number of aliphatic hydroxyl groups excluding tert-OH is 2. The van der Waals surface area contributed by atoms with Crippen molar-refractivity contribution >= 4 is 20.1 Å². The highest BCUT2D eigenvalue weighted by Crippen LogP contribution is 2.54. The van der Waals surface area contributed by atoms with Crippen LogP contribution in [0.3, 0.4) is 0 Å². The van der Waals surface area contributed by atoms with Crippen LogP contribution in [0.4, 0.5) is 5.82 Å². The molecule has 3 rings (SSSR count). The van der Waals surface area contributed by atoms with E-state index in [1.165, 1.54) is 11.7 Å². The maximum atomic E-state index is 13.3. The van der Waals surface area contributed by atoms with Gasteiger partial charge in [-0.15, -0.1) is 0 Å².